The zero-order chi connectivity index (χ0) is 9.84. The van der Waals surface area contributed by atoms with Gasteiger partial charge in [0.05, 0.1) is 6.61 Å². The molecule has 0 aliphatic carbocycles. The van der Waals surface area contributed by atoms with Crippen LogP contribution in [0.3, 0.4) is 0 Å². The van der Waals surface area contributed by atoms with Crippen molar-refractivity contribution in [2.24, 2.45) is 5.92 Å². The number of hydrogen-bond donors (Lipinski definition) is 1. The normalized spacial score (nSPS) is 27.0. The number of aliphatic hydroxyl groups is 1. The van der Waals surface area contributed by atoms with Crippen molar-refractivity contribution in [3.63, 3.8) is 0 Å². The van der Waals surface area contributed by atoms with E-state index in [4.69, 9.17) is 5.11 Å². The zero-order valence-electron chi connectivity index (χ0n) is 9.16. The van der Waals surface area contributed by atoms with Crippen LogP contribution in [0.4, 0.5) is 0 Å². The van der Waals surface area contributed by atoms with Gasteiger partial charge in [0.15, 0.2) is 0 Å². The Balaban J connectivity index is 2.43. The van der Waals surface area contributed by atoms with Gasteiger partial charge in [-0.2, -0.15) is 0 Å². The maximum absolute atomic E-state index is 9.11. The molecule has 13 heavy (non-hydrogen) atoms. The van der Waals surface area contributed by atoms with Gasteiger partial charge >= 0.3 is 0 Å². The van der Waals surface area contributed by atoms with E-state index in [0.717, 1.165) is 12.0 Å². The zero-order valence-corrected chi connectivity index (χ0v) is 9.16. The first-order valence-electron chi connectivity index (χ1n) is 5.51. The van der Waals surface area contributed by atoms with Gasteiger partial charge in [-0.3, -0.25) is 4.90 Å². The molecule has 1 rings (SSSR count). The highest BCUT2D eigenvalue weighted by atomic mass is 16.3. The first-order valence-corrected chi connectivity index (χ1v) is 5.51. The van der Waals surface area contributed by atoms with Crippen LogP contribution in [0.5, 0.6) is 0 Å². The molecule has 78 valence electrons. The van der Waals surface area contributed by atoms with Gasteiger partial charge < -0.3 is 5.11 Å². The highest BCUT2D eigenvalue weighted by Crippen LogP contribution is 2.25. The lowest BCUT2D eigenvalue weighted by Gasteiger charge is -2.30. The highest BCUT2D eigenvalue weighted by Gasteiger charge is 2.28. The number of hydrogen-bond acceptors (Lipinski definition) is 2. The molecule has 0 aromatic heterocycles. The molecule has 1 unspecified atom stereocenters. The molecule has 0 amide bonds. The average Bonchev–Trinajstić information content (AvgIpc) is 2.50. The molecule has 0 aromatic rings. The summed E-state index contributed by atoms with van der Waals surface area (Å²) in [5.74, 6) is 0.775. The first-order chi connectivity index (χ1) is 6.15. The Kier molecular flexibility index (Phi) is 4.20. The maximum atomic E-state index is 9.11. The van der Waals surface area contributed by atoms with Crippen molar-refractivity contribution in [3.05, 3.63) is 0 Å². The second kappa shape index (κ2) is 4.97. The predicted octanol–water partition coefficient (Wildman–Crippen LogP) is 1.88. The van der Waals surface area contributed by atoms with Crippen molar-refractivity contribution in [1.82, 2.24) is 4.90 Å². The number of rotatable bonds is 4. The second-order valence-electron chi connectivity index (χ2n) is 4.70. The van der Waals surface area contributed by atoms with E-state index in [1.54, 1.807) is 0 Å². The first kappa shape index (κ1) is 11.0. The Bertz CT molecular complexity index is 147. The van der Waals surface area contributed by atoms with Crippen molar-refractivity contribution in [1.29, 1.82) is 0 Å². The Morgan fingerprint density at radius 1 is 1.38 bits per heavy atom. The summed E-state index contributed by atoms with van der Waals surface area (Å²) in [7, 11) is 0. The van der Waals surface area contributed by atoms with Gasteiger partial charge in [-0.05, 0) is 38.6 Å². The van der Waals surface area contributed by atoms with Crippen LogP contribution < -0.4 is 0 Å². The lowest BCUT2D eigenvalue weighted by molar-refractivity contribution is 0.114. The molecule has 2 atom stereocenters. The molecule has 1 heterocycles. The largest absolute Gasteiger partial charge is 0.395 e. The minimum Gasteiger partial charge on any atom is -0.395 e. The highest BCUT2D eigenvalue weighted by molar-refractivity contribution is 4.83. The molecular weight excluding hydrogens is 162 g/mol. The molecule has 0 aromatic carbocycles. The molecule has 0 spiro atoms. The molecule has 0 radical (unpaired) electrons. The fourth-order valence-corrected chi connectivity index (χ4v) is 2.34. The summed E-state index contributed by atoms with van der Waals surface area (Å²) in [6.07, 6.45) is 3.91. The van der Waals surface area contributed by atoms with Crippen molar-refractivity contribution in [2.75, 3.05) is 13.2 Å². The summed E-state index contributed by atoms with van der Waals surface area (Å²) in [4.78, 5) is 2.47. The van der Waals surface area contributed by atoms with Crippen LogP contribution >= 0.6 is 0 Å². The van der Waals surface area contributed by atoms with Gasteiger partial charge in [0.25, 0.3) is 0 Å². The average molecular weight is 185 g/mol. The van der Waals surface area contributed by atoms with Gasteiger partial charge in [-0.25, -0.2) is 0 Å². The quantitative estimate of drug-likeness (QED) is 0.723. The fourth-order valence-electron chi connectivity index (χ4n) is 2.34. The summed E-state index contributed by atoms with van der Waals surface area (Å²) in [5.41, 5.74) is 0. The number of likely N-dealkylation sites (tertiary alicyclic amines) is 1. The molecular formula is C11H23NO. The minimum atomic E-state index is 0.300. The topological polar surface area (TPSA) is 23.5 Å². The van der Waals surface area contributed by atoms with Crippen LogP contribution in [-0.4, -0.2) is 35.2 Å². The van der Waals surface area contributed by atoms with Crippen molar-refractivity contribution in [3.8, 4) is 0 Å². The fraction of sp³-hybridized carbons (Fsp3) is 1.00. The molecule has 2 heteroatoms. The molecule has 1 aliphatic heterocycles. The van der Waals surface area contributed by atoms with Crippen LogP contribution in [0.1, 0.15) is 40.0 Å². The molecule has 1 N–H and O–H groups in total. The Morgan fingerprint density at radius 2 is 2.08 bits per heavy atom. The SMILES string of the molecule is CC(C)C[C@@H]1CCCN1C(C)CO. The third-order valence-corrected chi connectivity index (χ3v) is 3.00. The van der Waals surface area contributed by atoms with Crippen LogP contribution in [0, 0.1) is 5.92 Å². The van der Waals surface area contributed by atoms with Gasteiger partial charge in [-0.15, -0.1) is 0 Å². The van der Waals surface area contributed by atoms with Crippen LogP contribution in [0.2, 0.25) is 0 Å². The van der Waals surface area contributed by atoms with E-state index in [0.29, 0.717) is 12.6 Å². The third kappa shape index (κ3) is 2.96. The van der Waals surface area contributed by atoms with Gasteiger partial charge in [0.1, 0.15) is 0 Å². The lowest BCUT2D eigenvalue weighted by atomic mass is 10.0. The number of aliphatic hydroxyl groups excluding tert-OH is 1. The van der Waals surface area contributed by atoms with E-state index in [1.165, 1.54) is 25.8 Å². The Hall–Kier alpha value is -0.0800. The van der Waals surface area contributed by atoms with Gasteiger partial charge in [-0.1, -0.05) is 13.8 Å². The van der Waals surface area contributed by atoms with Crippen LogP contribution in [0.15, 0.2) is 0 Å². The summed E-state index contributed by atoms with van der Waals surface area (Å²) in [5, 5.41) is 9.11. The Morgan fingerprint density at radius 3 is 2.62 bits per heavy atom. The van der Waals surface area contributed by atoms with E-state index >= 15 is 0 Å². The van der Waals surface area contributed by atoms with Gasteiger partial charge in [0, 0.05) is 12.1 Å². The Labute approximate surface area is 81.9 Å². The van der Waals surface area contributed by atoms with Crippen molar-refractivity contribution >= 4 is 0 Å². The van der Waals surface area contributed by atoms with E-state index in [9.17, 15) is 0 Å². The summed E-state index contributed by atoms with van der Waals surface area (Å²) in [6, 6.07) is 1.08. The van der Waals surface area contributed by atoms with E-state index < -0.39 is 0 Å². The standard InChI is InChI=1S/C11H23NO/c1-9(2)7-11-5-4-6-12(11)10(3)8-13/h9-11,13H,4-8H2,1-3H3/t10?,11-/m0/s1. The predicted molar refractivity (Wildman–Crippen MR) is 55.7 cm³/mol. The van der Waals surface area contributed by atoms with Crippen LogP contribution in [0.25, 0.3) is 0 Å². The smallest absolute Gasteiger partial charge is 0.0584 e. The monoisotopic (exact) mass is 185 g/mol. The van der Waals surface area contributed by atoms with E-state index in [2.05, 4.69) is 25.7 Å². The number of nitrogens with zero attached hydrogens (tertiary/aromatic N) is 1. The summed E-state index contributed by atoms with van der Waals surface area (Å²) >= 11 is 0. The lowest BCUT2D eigenvalue weighted by Crippen LogP contribution is -2.39. The van der Waals surface area contributed by atoms with E-state index in [-0.39, 0.29) is 0 Å². The molecule has 2 nitrogen and oxygen atoms in total. The van der Waals surface area contributed by atoms with Crippen molar-refractivity contribution in [2.45, 2.75) is 52.1 Å². The van der Waals surface area contributed by atoms with Crippen LogP contribution in [-0.2, 0) is 0 Å². The summed E-state index contributed by atoms with van der Waals surface area (Å²) in [6.45, 7) is 8.16. The van der Waals surface area contributed by atoms with E-state index in [1.807, 2.05) is 0 Å². The van der Waals surface area contributed by atoms with Gasteiger partial charge in [0.2, 0.25) is 0 Å². The molecule has 1 fully saturated rings. The molecule has 1 aliphatic rings. The molecule has 1 saturated heterocycles. The summed E-state index contributed by atoms with van der Waals surface area (Å²) < 4.78 is 0. The minimum absolute atomic E-state index is 0.300. The maximum Gasteiger partial charge on any atom is 0.0584 e. The third-order valence-electron chi connectivity index (χ3n) is 3.00. The molecule has 0 bridgehead atoms. The second-order valence-corrected chi connectivity index (χ2v) is 4.70. The molecule has 0 saturated carbocycles. The van der Waals surface area contributed by atoms with Crippen molar-refractivity contribution < 1.29 is 5.11 Å².